The molecule has 3 nitrogen and oxygen atoms in total. The van der Waals surface area contributed by atoms with E-state index in [1.165, 1.54) is 24.9 Å². The van der Waals surface area contributed by atoms with Crippen LogP contribution in [0.3, 0.4) is 0 Å². The van der Waals surface area contributed by atoms with E-state index in [1.54, 1.807) is 0 Å². The molecule has 0 atom stereocenters. The predicted molar refractivity (Wildman–Crippen MR) is 77.2 cm³/mol. The van der Waals surface area contributed by atoms with Gasteiger partial charge >= 0.3 is 5.97 Å². The zero-order valence-electron chi connectivity index (χ0n) is 11.7. The van der Waals surface area contributed by atoms with Crippen molar-refractivity contribution in [1.29, 1.82) is 0 Å². The highest BCUT2D eigenvalue weighted by Gasteiger charge is 2.10. The summed E-state index contributed by atoms with van der Waals surface area (Å²) in [5.41, 5.74) is 2.34. The maximum absolute atomic E-state index is 11.3. The molecule has 0 aliphatic carbocycles. The van der Waals surface area contributed by atoms with Gasteiger partial charge < -0.3 is 9.64 Å². The number of carbonyl (C=O) groups excluding carboxylic acids is 1. The zero-order chi connectivity index (χ0) is 13.5. The van der Waals surface area contributed by atoms with Crippen LogP contribution in [0.4, 0.5) is 5.69 Å². The Morgan fingerprint density at radius 3 is 2.47 bits per heavy atom. The van der Waals surface area contributed by atoms with E-state index < -0.39 is 0 Å². The van der Waals surface area contributed by atoms with E-state index in [-0.39, 0.29) is 5.97 Å². The van der Waals surface area contributed by atoms with Gasteiger partial charge in [-0.3, -0.25) is 4.79 Å². The van der Waals surface area contributed by atoms with Gasteiger partial charge in [-0.05, 0) is 43.4 Å². The normalized spacial score (nSPS) is 15.3. The molecule has 19 heavy (non-hydrogen) atoms. The van der Waals surface area contributed by atoms with Gasteiger partial charge in [-0.1, -0.05) is 19.1 Å². The molecule has 0 saturated carbocycles. The Morgan fingerprint density at radius 2 is 1.84 bits per heavy atom. The Hall–Kier alpha value is -1.51. The fraction of sp³-hybridized carbons (Fsp3) is 0.562. The minimum atomic E-state index is -0.109. The van der Waals surface area contributed by atoms with Gasteiger partial charge in [0.05, 0.1) is 0 Å². The van der Waals surface area contributed by atoms with Gasteiger partial charge in [-0.25, -0.2) is 0 Å². The molecule has 0 N–H and O–H groups in total. The van der Waals surface area contributed by atoms with Crippen molar-refractivity contribution in [1.82, 2.24) is 0 Å². The van der Waals surface area contributed by atoms with Gasteiger partial charge in [0.1, 0.15) is 6.61 Å². The number of esters is 1. The average molecular weight is 261 g/mol. The van der Waals surface area contributed by atoms with Gasteiger partial charge in [0, 0.05) is 25.2 Å². The second-order valence-corrected chi connectivity index (χ2v) is 5.12. The Kier molecular flexibility index (Phi) is 5.25. The highest BCUT2D eigenvalue weighted by Crippen LogP contribution is 2.20. The molecular weight excluding hydrogens is 238 g/mol. The summed E-state index contributed by atoms with van der Waals surface area (Å²) in [4.78, 5) is 13.7. The lowest BCUT2D eigenvalue weighted by Crippen LogP contribution is -2.29. The molecule has 0 bridgehead atoms. The average Bonchev–Trinajstić information content (AvgIpc) is 2.47. The Bertz CT molecular complexity index is 394. The second kappa shape index (κ2) is 7.17. The Balaban J connectivity index is 1.85. The summed E-state index contributed by atoms with van der Waals surface area (Å²) in [6.45, 7) is 4.68. The third-order valence-electron chi connectivity index (χ3n) is 3.51. The Morgan fingerprint density at radius 1 is 1.16 bits per heavy atom. The summed E-state index contributed by atoms with van der Waals surface area (Å²) >= 11 is 0. The zero-order valence-corrected chi connectivity index (χ0v) is 11.7. The minimum absolute atomic E-state index is 0.109. The lowest BCUT2D eigenvalue weighted by atomic mass is 10.1. The van der Waals surface area contributed by atoms with Crippen molar-refractivity contribution in [2.45, 2.75) is 45.6 Å². The lowest BCUT2D eigenvalue weighted by molar-refractivity contribution is -0.144. The molecule has 0 amide bonds. The van der Waals surface area contributed by atoms with Crippen LogP contribution in [0.25, 0.3) is 0 Å². The van der Waals surface area contributed by atoms with Gasteiger partial charge in [0.25, 0.3) is 0 Å². The molecule has 0 unspecified atom stereocenters. The van der Waals surface area contributed by atoms with E-state index in [4.69, 9.17) is 4.74 Å². The van der Waals surface area contributed by atoms with Crippen LogP contribution < -0.4 is 4.90 Å². The van der Waals surface area contributed by atoms with Crippen LogP contribution in [0.1, 0.15) is 44.6 Å². The molecular formula is C16H23NO2. The SMILES string of the molecule is CCCC(=O)OCc1ccc(N2CCCCC2)cc1. The standard InChI is InChI=1S/C16H23NO2/c1-2-6-16(18)19-13-14-7-9-15(10-8-14)17-11-4-3-5-12-17/h7-10H,2-6,11-13H2,1H3. The van der Waals surface area contributed by atoms with Crippen LogP contribution in [0, 0.1) is 0 Å². The van der Waals surface area contributed by atoms with Crippen molar-refractivity contribution < 1.29 is 9.53 Å². The topological polar surface area (TPSA) is 29.5 Å². The van der Waals surface area contributed by atoms with Crippen molar-refractivity contribution in [3.05, 3.63) is 29.8 Å². The number of benzene rings is 1. The predicted octanol–water partition coefficient (Wildman–Crippen LogP) is 3.52. The molecule has 1 saturated heterocycles. The monoisotopic (exact) mass is 261 g/mol. The van der Waals surface area contributed by atoms with Crippen LogP contribution in [0.2, 0.25) is 0 Å². The van der Waals surface area contributed by atoms with E-state index >= 15 is 0 Å². The minimum Gasteiger partial charge on any atom is -0.461 e. The third-order valence-corrected chi connectivity index (χ3v) is 3.51. The number of hydrogen-bond acceptors (Lipinski definition) is 3. The van der Waals surface area contributed by atoms with Gasteiger partial charge in [-0.2, -0.15) is 0 Å². The van der Waals surface area contributed by atoms with E-state index in [0.29, 0.717) is 13.0 Å². The highest BCUT2D eigenvalue weighted by molar-refractivity contribution is 5.69. The summed E-state index contributed by atoms with van der Waals surface area (Å²) in [6, 6.07) is 8.38. The number of ether oxygens (including phenoxy) is 1. The fourth-order valence-electron chi connectivity index (χ4n) is 2.40. The highest BCUT2D eigenvalue weighted by atomic mass is 16.5. The summed E-state index contributed by atoms with van der Waals surface area (Å²) in [7, 11) is 0. The summed E-state index contributed by atoms with van der Waals surface area (Å²) < 4.78 is 5.20. The molecule has 1 aromatic carbocycles. The van der Waals surface area contributed by atoms with Crippen LogP contribution >= 0.6 is 0 Å². The Labute approximate surface area is 115 Å². The first-order valence-corrected chi connectivity index (χ1v) is 7.29. The van der Waals surface area contributed by atoms with Crippen molar-refractivity contribution >= 4 is 11.7 Å². The third kappa shape index (κ3) is 4.27. The van der Waals surface area contributed by atoms with E-state index in [1.807, 2.05) is 6.92 Å². The maximum atomic E-state index is 11.3. The molecule has 3 heteroatoms. The first kappa shape index (κ1) is 13.9. The van der Waals surface area contributed by atoms with Gasteiger partial charge in [-0.15, -0.1) is 0 Å². The van der Waals surface area contributed by atoms with Crippen molar-refractivity contribution in [2.24, 2.45) is 0 Å². The van der Waals surface area contributed by atoms with Crippen LogP contribution in [0.15, 0.2) is 24.3 Å². The van der Waals surface area contributed by atoms with Crippen LogP contribution in [-0.2, 0) is 16.1 Å². The quantitative estimate of drug-likeness (QED) is 0.759. The summed E-state index contributed by atoms with van der Waals surface area (Å²) in [5.74, 6) is -0.109. The van der Waals surface area contributed by atoms with Crippen molar-refractivity contribution in [3.8, 4) is 0 Å². The molecule has 2 rings (SSSR count). The largest absolute Gasteiger partial charge is 0.461 e. The fourth-order valence-corrected chi connectivity index (χ4v) is 2.40. The van der Waals surface area contributed by atoms with Gasteiger partial charge in [0.2, 0.25) is 0 Å². The number of hydrogen-bond donors (Lipinski definition) is 0. The first-order chi connectivity index (χ1) is 9.29. The maximum Gasteiger partial charge on any atom is 0.306 e. The van der Waals surface area contributed by atoms with Crippen molar-refractivity contribution in [3.63, 3.8) is 0 Å². The first-order valence-electron chi connectivity index (χ1n) is 7.29. The van der Waals surface area contributed by atoms with E-state index in [0.717, 1.165) is 25.1 Å². The lowest BCUT2D eigenvalue weighted by Gasteiger charge is -2.28. The molecule has 1 fully saturated rings. The number of rotatable bonds is 5. The van der Waals surface area contributed by atoms with E-state index in [2.05, 4.69) is 29.2 Å². The van der Waals surface area contributed by atoms with E-state index in [9.17, 15) is 4.79 Å². The number of anilines is 1. The summed E-state index contributed by atoms with van der Waals surface area (Å²) in [6.07, 6.45) is 5.27. The molecule has 1 aliphatic rings. The smallest absolute Gasteiger partial charge is 0.306 e. The molecule has 1 heterocycles. The number of nitrogens with zero attached hydrogens (tertiary/aromatic N) is 1. The molecule has 0 aromatic heterocycles. The number of carbonyl (C=O) groups is 1. The van der Waals surface area contributed by atoms with Crippen LogP contribution in [0.5, 0.6) is 0 Å². The molecule has 0 radical (unpaired) electrons. The van der Waals surface area contributed by atoms with Crippen molar-refractivity contribution in [2.75, 3.05) is 18.0 Å². The van der Waals surface area contributed by atoms with Crippen LogP contribution in [-0.4, -0.2) is 19.1 Å². The molecule has 1 aliphatic heterocycles. The molecule has 1 aromatic rings. The molecule has 104 valence electrons. The summed E-state index contributed by atoms with van der Waals surface area (Å²) in [5, 5.41) is 0. The number of piperidine rings is 1. The van der Waals surface area contributed by atoms with Gasteiger partial charge in [0.15, 0.2) is 0 Å². The molecule has 0 spiro atoms. The second-order valence-electron chi connectivity index (χ2n) is 5.12.